The largest absolute Gasteiger partial charge is 0.303 e. The summed E-state index contributed by atoms with van der Waals surface area (Å²) >= 11 is 0. The predicted molar refractivity (Wildman–Crippen MR) is 83.1 cm³/mol. The molecular weight excluding hydrogens is 248 g/mol. The summed E-state index contributed by atoms with van der Waals surface area (Å²) in [6.07, 6.45) is 2.33. The summed E-state index contributed by atoms with van der Waals surface area (Å²) < 4.78 is 0. The standard InChI is InChI=1S/C17H26N2O/c1-4-19-12-10-16(11-13-19)18(3)14(2)17(20)15-8-6-5-7-9-15/h5-9,14,16H,4,10-13H2,1-3H3. The normalized spacial score (nSPS) is 19.2. The van der Waals surface area contributed by atoms with Gasteiger partial charge in [0.25, 0.3) is 0 Å². The van der Waals surface area contributed by atoms with Crippen molar-refractivity contribution < 1.29 is 4.79 Å². The molecule has 2 rings (SSSR count). The minimum absolute atomic E-state index is 0.0458. The topological polar surface area (TPSA) is 23.6 Å². The number of hydrogen-bond donors (Lipinski definition) is 0. The van der Waals surface area contributed by atoms with Crippen LogP contribution in [0.1, 0.15) is 37.0 Å². The smallest absolute Gasteiger partial charge is 0.179 e. The van der Waals surface area contributed by atoms with E-state index in [9.17, 15) is 4.79 Å². The van der Waals surface area contributed by atoms with Crippen molar-refractivity contribution in [3.63, 3.8) is 0 Å². The van der Waals surface area contributed by atoms with Gasteiger partial charge in [0.05, 0.1) is 6.04 Å². The van der Waals surface area contributed by atoms with Crippen LogP contribution in [0.4, 0.5) is 0 Å². The van der Waals surface area contributed by atoms with Gasteiger partial charge in [-0.05, 0) is 46.4 Å². The van der Waals surface area contributed by atoms with E-state index in [1.807, 2.05) is 37.3 Å². The third-order valence-corrected chi connectivity index (χ3v) is 4.63. The minimum atomic E-state index is -0.0458. The van der Waals surface area contributed by atoms with Crippen LogP contribution in [-0.2, 0) is 0 Å². The van der Waals surface area contributed by atoms with Gasteiger partial charge >= 0.3 is 0 Å². The van der Waals surface area contributed by atoms with Crippen LogP contribution in [0.5, 0.6) is 0 Å². The number of hydrogen-bond acceptors (Lipinski definition) is 3. The van der Waals surface area contributed by atoms with E-state index in [1.165, 1.54) is 0 Å². The molecular formula is C17H26N2O. The molecule has 0 radical (unpaired) electrons. The van der Waals surface area contributed by atoms with Gasteiger partial charge in [0, 0.05) is 11.6 Å². The van der Waals surface area contributed by atoms with Crippen molar-refractivity contribution >= 4 is 5.78 Å². The molecule has 3 heteroatoms. The molecule has 0 bridgehead atoms. The highest BCUT2D eigenvalue weighted by molar-refractivity contribution is 5.99. The van der Waals surface area contributed by atoms with Crippen molar-refractivity contribution in [2.24, 2.45) is 0 Å². The first kappa shape index (κ1) is 15.2. The van der Waals surface area contributed by atoms with Crippen LogP contribution >= 0.6 is 0 Å². The quantitative estimate of drug-likeness (QED) is 0.771. The third kappa shape index (κ3) is 3.47. The van der Waals surface area contributed by atoms with Crippen LogP contribution in [0, 0.1) is 0 Å². The Labute approximate surface area is 122 Å². The second kappa shape index (κ2) is 7.00. The summed E-state index contributed by atoms with van der Waals surface area (Å²) in [6.45, 7) is 7.68. The molecule has 0 saturated carbocycles. The van der Waals surface area contributed by atoms with Crippen molar-refractivity contribution in [2.75, 3.05) is 26.7 Å². The van der Waals surface area contributed by atoms with E-state index in [-0.39, 0.29) is 11.8 Å². The molecule has 0 aliphatic carbocycles. The molecule has 1 aliphatic heterocycles. The van der Waals surface area contributed by atoms with Crippen molar-refractivity contribution in [3.8, 4) is 0 Å². The van der Waals surface area contributed by atoms with Crippen LogP contribution in [0.2, 0.25) is 0 Å². The molecule has 0 amide bonds. The van der Waals surface area contributed by atoms with Gasteiger partial charge in [-0.2, -0.15) is 0 Å². The van der Waals surface area contributed by atoms with Crippen LogP contribution in [0.3, 0.4) is 0 Å². The Balaban J connectivity index is 1.95. The Morgan fingerprint density at radius 1 is 1.30 bits per heavy atom. The highest BCUT2D eigenvalue weighted by atomic mass is 16.1. The molecule has 1 aromatic rings. The number of piperidine rings is 1. The number of benzene rings is 1. The zero-order chi connectivity index (χ0) is 14.5. The van der Waals surface area contributed by atoms with Crippen molar-refractivity contribution in [2.45, 2.75) is 38.8 Å². The summed E-state index contributed by atoms with van der Waals surface area (Å²) in [5.74, 6) is 0.228. The number of Topliss-reactive ketones (excluding diaryl/α,β-unsaturated/α-hetero) is 1. The van der Waals surface area contributed by atoms with E-state index in [0.29, 0.717) is 6.04 Å². The fourth-order valence-electron chi connectivity index (χ4n) is 2.99. The first-order valence-corrected chi connectivity index (χ1v) is 7.67. The van der Waals surface area contributed by atoms with E-state index >= 15 is 0 Å². The average Bonchev–Trinajstić information content (AvgIpc) is 2.53. The molecule has 20 heavy (non-hydrogen) atoms. The fraction of sp³-hybridized carbons (Fsp3) is 0.588. The zero-order valence-electron chi connectivity index (χ0n) is 12.9. The molecule has 3 nitrogen and oxygen atoms in total. The molecule has 1 atom stereocenters. The van der Waals surface area contributed by atoms with Gasteiger partial charge in [-0.25, -0.2) is 0 Å². The lowest BCUT2D eigenvalue weighted by atomic mass is 9.98. The third-order valence-electron chi connectivity index (χ3n) is 4.63. The maximum Gasteiger partial charge on any atom is 0.179 e. The Bertz CT molecular complexity index is 424. The van der Waals surface area contributed by atoms with Crippen LogP contribution in [0.15, 0.2) is 30.3 Å². The monoisotopic (exact) mass is 274 g/mol. The average molecular weight is 274 g/mol. The van der Waals surface area contributed by atoms with E-state index in [4.69, 9.17) is 0 Å². The molecule has 1 unspecified atom stereocenters. The molecule has 1 aliphatic rings. The molecule has 1 saturated heterocycles. The molecule has 0 spiro atoms. The van der Waals surface area contributed by atoms with Gasteiger partial charge in [0.2, 0.25) is 0 Å². The number of likely N-dealkylation sites (N-methyl/N-ethyl adjacent to an activating group) is 1. The van der Waals surface area contributed by atoms with E-state index in [1.54, 1.807) is 0 Å². The number of carbonyl (C=O) groups is 1. The number of likely N-dealkylation sites (tertiary alicyclic amines) is 1. The molecule has 1 heterocycles. The first-order valence-electron chi connectivity index (χ1n) is 7.67. The number of carbonyl (C=O) groups excluding carboxylic acids is 1. The van der Waals surface area contributed by atoms with Crippen molar-refractivity contribution in [1.29, 1.82) is 0 Å². The van der Waals surface area contributed by atoms with Gasteiger partial charge in [-0.15, -0.1) is 0 Å². The minimum Gasteiger partial charge on any atom is -0.303 e. The zero-order valence-corrected chi connectivity index (χ0v) is 12.9. The Hall–Kier alpha value is -1.19. The lowest BCUT2D eigenvalue weighted by Crippen LogP contribution is -2.48. The Kier molecular flexibility index (Phi) is 5.32. The van der Waals surface area contributed by atoms with Crippen molar-refractivity contribution in [1.82, 2.24) is 9.80 Å². The number of nitrogens with zero attached hydrogens (tertiary/aromatic N) is 2. The summed E-state index contributed by atoms with van der Waals surface area (Å²) in [4.78, 5) is 17.2. The highest BCUT2D eigenvalue weighted by Gasteiger charge is 2.28. The second-order valence-corrected chi connectivity index (χ2v) is 5.74. The SMILES string of the molecule is CCN1CCC(N(C)C(C)C(=O)c2ccccc2)CC1. The van der Waals surface area contributed by atoms with Crippen molar-refractivity contribution in [3.05, 3.63) is 35.9 Å². The van der Waals surface area contributed by atoms with E-state index < -0.39 is 0 Å². The lowest BCUT2D eigenvalue weighted by molar-refractivity contribution is 0.0712. The van der Waals surface area contributed by atoms with E-state index in [0.717, 1.165) is 38.0 Å². The maximum atomic E-state index is 12.5. The number of ketones is 1. The Morgan fingerprint density at radius 3 is 2.45 bits per heavy atom. The van der Waals surface area contributed by atoms with Crippen LogP contribution in [-0.4, -0.2) is 54.3 Å². The summed E-state index contributed by atoms with van der Waals surface area (Å²) in [7, 11) is 2.10. The maximum absolute atomic E-state index is 12.5. The summed E-state index contributed by atoms with van der Waals surface area (Å²) in [6, 6.07) is 10.1. The lowest BCUT2D eigenvalue weighted by Gasteiger charge is -2.38. The molecule has 0 N–H and O–H groups in total. The van der Waals surface area contributed by atoms with E-state index in [2.05, 4.69) is 23.8 Å². The molecule has 1 aromatic carbocycles. The van der Waals surface area contributed by atoms with Gasteiger partial charge in [-0.1, -0.05) is 37.3 Å². The molecule has 0 aromatic heterocycles. The second-order valence-electron chi connectivity index (χ2n) is 5.74. The highest BCUT2D eigenvalue weighted by Crippen LogP contribution is 2.19. The van der Waals surface area contributed by atoms with Gasteiger partial charge in [-0.3, -0.25) is 9.69 Å². The fourth-order valence-corrected chi connectivity index (χ4v) is 2.99. The first-order chi connectivity index (χ1) is 9.63. The Morgan fingerprint density at radius 2 is 1.90 bits per heavy atom. The number of rotatable bonds is 5. The van der Waals surface area contributed by atoms with Crippen LogP contribution in [0.25, 0.3) is 0 Å². The van der Waals surface area contributed by atoms with Gasteiger partial charge < -0.3 is 4.90 Å². The molecule has 110 valence electrons. The van der Waals surface area contributed by atoms with Gasteiger partial charge in [0.15, 0.2) is 5.78 Å². The predicted octanol–water partition coefficient (Wildman–Crippen LogP) is 2.67. The van der Waals surface area contributed by atoms with Crippen LogP contribution < -0.4 is 0 Å². The summed E-state index contributed by atoms with van der Waals surface area (Å²) in [5.41, 5.74) is 0.817. The van der Waals surface area contributed by atoms with Gasteiger partial charge in [0.1, 0.15) is 0 Å². The molecule has 1 fully saturated rings. The summed E-state index contributed by atoms with van der Waals surface area (Å²) in [5, 5.41) is 0.